The summed E-state index contributed by atoms with van der Waals surface area (Å²) >= 11 is 3.15. The first-order valence-electron chi connectivity index (χ1n) is 6.03. The number of hydrogen-bond acceptors (Lipinski definition) is 4. The monoisotopic (exact) mass is 288 g/mol. The van der Waals surface area contributed by atoms with E-state index in [2.05, 4.69) is 6.07 Å². The van der Waals surface area contributed by atoms with E-state index < -0.39 is 0 Å². The summed E-state index contributed by atoms with van der Waals surface area (Å²) in [7, 11) is 0. The van der Waals surface area contributed by atoms with E-state index in [4.69, 9.17) is 4.74 Å². The maximum absolute atomic E-state index is 12.1. The highest BCUT2D eigenvalue weighted by Crippen LogP contribution is 2.40. The molecule has 0 spiro atoms. The Morgan fingerprint density at radius 1 is 1.21 bits per heavy atom. The van der Waals surface area contributed by atoms with Crippen molar-refractivity contribution in [3.8, 4) is 10.4 Å². The van der Waals surface area contributed by atoms with Gasteiger partial charge in [0.05, 0.1) is 6.61 Å². The van der Waals surface area contributed by atoms with E-state index in [1.807, 2.05) is 42.6 Å². The summed E-state index contributed by atoms with van der Waals surface area (Å²) in [6, 6.07) is 12.1. The summed E-state index contributed by atoms with van der Waals surface area (Å²) in [5, 5.41) is 3.15. The number of esters is 1. The van der Waals surface area contributed by atoms with E-state index in [9.17, 15) is 4.79 Å². The van der Waals surface area contributed by atoms with Gasteiger partial charge in [0.25, 0.3) is 0 Å². The number of fused-ring (bicyclic) bond motifs is 1. The van der Waals surface area contributed by atoms with Crippen LogP contribution in [0, 0.1) is 0 Å². The zero-order valence-electron chi connectivity index (χ0n) is 10.4. The number of ether oxygens (including phenoxy) is 1. The average molecular weight is 288 g/mol. The molecule has 0 bridgehead atoms. The standard InChI is InChI=1S/C15H12O2S2/c1-2-17-15(16)14-13(12-8-5-9-18-12)10-6-3-4-7-11(10)19-14/h3-9H,2H2,1H3. The molecule has 0 atom stereocenters. The van der Waals surface area contributed by atoms with Crippen LogP contribution in [0.3, 0.4) is 0 Å². The maximum Gasteiger partial charge on any atom is 0.349 e. The highest BCUT2D eigenvalue weighted by atomic mass is 32.1. The fourth-order valence-corrected chi connectivity index (χ4v) is 4.02. The maximum atomic E-state index is 12.1. The minimum atomic E-state index is -0.230. The number of hydrogen-bond donors (Lipinski definition) is 0. The minimum absolute atomic E-state index is 0.230. The highest BCUT2D eigenvalue weighted by Gasteiger charge is 2.20. The molecule has 3 rings (SSSR count). The van der Waals surface area contributed by atoms with E-state index in [0.29, 0.717) is 11.5 Å². The van der Waals surface area contributed by atoms with Gasteiger partial charge >= 0.3 is 5.97 Å². The Labute approximate surface area is 119 Å². The van der Waals surface area contributed by atoms with Gasteiger partial charge in [0.1, 0.15) is 4.88 Å². The Balaban J connectivity index is 2.26. The molecule has 1 aromatic carbocycles. The number of carbonyl (C=O) groups is 1. The van der Waals surface area contributed by atoms with Crippen molar-refractivity contribution < 1.29 is 9.53 Å². The topological polar surface area (TPSA) is 26.3 Å². The van der Waals surface area contributed by atoms with E-state index in [0.717, 1.165) is 20.5 Å². The lowest BCUT2D eigenvalue weighted by Crippen LogP contribution is -2.03. The van der Waals surface area contributed by atoms with E-state index in [1.165, 1.54) is 11.3 Å². The first-order chi connectivity index (χ1) is 9.31. The molecule has 2 aromatic heterocycles. The van der Waals surface area contributed by atoms with Crippen LogP contribution in [-0.4, -0.2) is 12.6 Å². The molecule has 0 amide bonds. The van der Waals surface area contributed by atoms with Crippen molar-refractivity contribution in [2.24, 2.45) is 0 Å². The fourth-order valence-electron chi connectivity index (χ4n) is 2.05. The predicted molar refractivity (Wildman–Crippen MR) is 81.1 cm³/mol. The summed E-state index contributed by atoms with van der Waals surface area (Å²) in [5.41, 5.74) is 1.01. The molecule has 0 aliphatic rings. The molecule has 2 heterocycles. The number of benzene rings is 1. The van der Waals surface area contributed by atoms with Crippen molar-refractivity contribution in [1.82, 2.24) is 0 Å². The molecule has 0 radical (unpaired) electrons. The van der Waals surface area contributed by atoms with Crippen LogP contribution in [-0.2, 0) is 4.74 Å². The molecular weight excluding hydrogens is 276 g/mol. The lowest BCUT2D eigenvalue weighted by Gasteiger charge is -2.02. The minimum Gasteiger partial charge on any atom is -0.462 e. The van der Waals surface area contributed by atoms with Crippen molar-refractivity contribution in [3.63, 3.8) is 0 Å². The molecule has 0 N–H and O–H groups in total. The summed E-state index contributed by atoms with van der Waals surface area (Å²) in [6.45, 7) is 2.23. The van der Waals surface area contributed by atoms with Crippen LogP contribution in [0.15, 0.2) is 41.8 Å². The second kappa shape index (κ2) is 5.15. The first kappa shape index (κ1) is 12.4. The Morgan fingerprint density at radius 2 is 2.05 bits per heavy atom. The van der Waals surface area contributed by atoms with Gasteiger partial charge < -0.3 is 4.74 Å². The summed E-state index contributed by atoms with van der Waals surface area (Å²) in [4.78, 5) is 13.9. The number of rotatable bonds is 3. The summed E-state index contributed by atoms with van der Waals surface area (Å²) in [5.74, 6) is -0.230. The Morgan fingerprint density at radius 3 is 2.79 bits per heavy atom. The Kier molecular flexibility index (Phi) is 3.36. The molecule has 0 fully saturated rings. The fraction of sp³-hybridized carbons (Fsp3) is 0.133. The second-order valence-corrected chi connectivity index (χ2v) is 6.00. The normalized spacial score (nSPS) is 10.8. The smallest absolute Gasteiger partial charge is 0.349 e. The van der Waals surface area contributed by atoms with Gasteiger partial charge in [-0.2, -0.15) is 0 Å². The van der Waals surface area contributed by atoms with Crippen molar-refractivity contribution in [2.45, 2.75) is 6.92 Å². The molecule has 0 unspecified atom stereocenters. The van der Waals surface area contributed by atoms with Crippen molar-refractivity contribution in [1.29, 1.82) is 0 Å². The molecule has 0 aliphatic heterocycles. The predicted octanol–water partition coefficient (Wildman–Crippen LogP) is 4.81. The lowest BCUT2D eigenvalue weighted by atomic mass is 10.1. The van der Waals surface area contributed by atoms with Crippen LogP contribution >= 0.6 is 22.7 Å². The van der Waals surface area contributed by atoms with Crippen LogP contribution < -0.4 is 0 Å². The van der Waals surface area contributed by atoms with Gasteiger partial charge in [-0.1, -0.05) is 24.3 Å². The van der Waals surface area contributed by atoms with Crippen LogP contribution in [0.25, 0.3) is 20.5 Å². The molecule has 3 aromatic rings. The van der Waals surface area contributed by atoms with Gasteiger partial charge in [-0.05, 0) is 24.4 Å². The summed E-state index contributed by atoms with van der Waals surface area (Å²) in [6.07, 6.45) is 0. The van der Waals surface area contributed by atoms with Gasteiger partial charge in [-0.25, -0.2) is 4.79 Å². The first-order valence-corrected chi connectivity index (χ1v) is 7.73. The summed E-state index contributed by atoms with van der Waals surface area (Å²) < 4.78 is 6.29. The third-order valence-electron chi connectivity index (χ3n) is 2.82. The Bertz CT molecular complexity index is 711. The van der Waals surface area contributed by atoms with Crippen LogP contribution in [0.2, 0.25) is 0 Å². The van der Waals surface area contributed by atoms with Crippen LogP contribution in [0.5, 0.6) is 0 Å². The zero-order chi connectivity index (χ0) is 13.2. The Hall–Kier alpha value is -1.65. The second-order valence-electron chi connectivity index (χ2n) is 4.00. The van der Waals surface area contributed by atoms with Crippen molar-refractivity contribution in [3.05, 3.63) is 46.7 Å². The quantitative estimate of drug-likeness (QED) is 0.647. The van der Waals surface area contributed by atoms with Crippen molar-refractivity contribution in [2.75, 3.05) is 6.61 Å². The van der Waals surface area contributed by atoms with Crippen molar-refractivity contribution >= 4 is 38.7 Å². The molecule has 0 aliphatic carbocycles. The molecule has 0 saturated carbocycles. The van der Waals surface area contributed by atoms with Gasteiger partial charge in [0.2, 0.25) is 0 Å². The number of thiophene rings is 2. The average Bonchev–Trinajstić information content (AvgIpc) is 3.05. The molecule has 96 valence electrons. The third kappa shape index (κ3) is 2.17. The van der Waals surface area contributed by atoms with Crippen LogP contribution in [0.4, 0.5) is 0 Å². The largest absolute Gasteiger partial charge is 0.462 e. The van der Waals surface area contributed by atoms with Crippen LogP contribution in [0.1, 0.15) is 16.6 Å². The van der Waals surface area contributed by atoms with Gasteiger partial charge in [0, 0.05) is 20.5 Å². The van der Waals surface area contributed by atoms with Gasteiger partial charge in [-0.15, -0.1) is 22.7 Å². The third-order valence-corrected chi connectivity index (χ3v) is 4.86. The lowest BCUT2D eigenvalue weighted by molar-refractivity contribution is 0.0533. The SMILES string of the molecule is CCOC(=O)c1sc2ccccc2c1-c1cccs1. The number of carbonyl (C=O) groups excluding carboxylic acids is 1. The van der Waals surface area contributed by atoms with Gasteiger partial charge in [0.15, 0.2) is 0 Å². The van der Waals surface area contributed by atoms with E-state index in [-0.39, 0.29) is 5.97 Å². The highest BCUT2D eigenvalue weighted by molar-refractivity contribution is 7.22. The van der Waals surface area contributed by atoms with Gasteiger partial charge in [-0.3, -0.25) is 0 Å². The molecule has 0 saturated heterocycles. The van der Waals surface area contributed by atoms with E-state index in [1.54, 1.807) is 11.3 Å². The molecule has 19 heavy (non-hydrogen) atoms. The molecule has 2 nitrogen and oxygen atoms in total. The molecular formula is C15H12O2S2. The molecule has 4 heteroatoms. The zero-order valence-corrected chi connectivity index (χ0v) is 12.0. The van der Waals surface area contributed by atoms with E-state index >= 15 is 0 Å².